The summed E-state index contributed by atoms with van der Waals surface area (Å²) in [6.45, 7) is 9.31. The second-order valence-corrected chi connectivity index (χ2v) is 8.73. The quantitative estimate of drug-likeness (QED) is 0.759. The molecule has 2 aromatic rings. The van der Waals surface area contributed by atoms with Crippen LogP contribution in [0.2, 0.25) is 0 Å². The molecule has 8 nitrogen and oxygen atoms in total. The van der Waals surface area contributed by atoms with Gasteiger partial charge in [-0.15, -0.1) is 0 Å². The Morgan fingerprint density at radius 3 is 2.27 bits per heavy atom. The Labute approximate surface area is 153 Å². The Morgan fingerprint density at radius 1 is 1.12 bits per heavy atom. The van der Waals surface area contributed by atoms with Crippen molar-refractivity contribution in [3.63, 3.8) is 0 Å². The van der Waals surface area contributed by atoms with E-state index in [2.05, 4.69) is 15.2 Å². The molecule has 0 spiro atoms. The van der Waals surface area contributed by atoms with Crippen LogP contribution in [0.1, 0.15) is 33.1 Å². The number of carbonyl (C=O) groups excluding carboxylic acids is 1. The van der Waals surface area contributed by atoms with Crippen molar-refractivity contribution in [2.24, 2.45) is 0 Å². The molecular formula is C17H25N5O3S. The number of aryl methyl sites for hydroxylation is 4. The third-order valence-corrected chi connectivity index (χ3v) is 6.97. The fourth-order valence-corrected chi connectivity index (χ4v) is 5.23. The van der Waals surface area contributed by atoms with Crippen molar-refractivity contribution in [1.29, 1.82) is 0 Å². The molecule has 0 aliphatic carbocycles. The van der Waals surface area contributed by atoms with Gasteiger partial charge in [0.2, 0.25) is 10.0 Å². The number of H-pyrrole nitrogens is 2. The maximum Gasteiger partial charge on any atom is 0.246 e. The summed E-state index contributed by atoms with van der Waals surface area (Å²) >= 11 is 0. The molecule has 0 amide bonds. The van der Waals surface area contributed by atoms with Gasteiger partial charge in [0.1, 0.15) is 4.90 Å². The van der Waals surface area contributed by atoms with E-state index in [1.54, 1.807) is 13.8 Å². The van der Waals surface area contributed by atoms with Gasteiger partial charge < -0.3 is 4.98 Å². The van der Waals surface area contributed by atoms with Crippen LogP contribution < -0.4 is 0 Å². The van der Waals surface area contributed by atoms with E-state index in [0.717, 1.165) is 11.4 Å². The van der Waals surface area contributed by atoms with Crippen LogP contribution in [0.25, 0.3) is 0 Å². The molecule has 1 fully saturated rings. The average Bonchev–Trinajstić information content (AvgIpc) is 3.09. The Bertz CT molecular complexity index is 901. The third kappa shape index (κ3) is 3.46. The molecule has 2 N–H and O–H groups in total. The molecule has 0 bridgehead atoms. The van der Waals surface area contributed by atoms with Crippen LogP contribution in [-0.4, -0.2) is 71.3 Å². The Morgan fingerprint density at radius 2 is 1.77 bits per heavy atom. The largest absolute Gasteiger partial charge is 0.362 e. The van der Waals surface area contributed by atoms with Gasteiger partial charge in [-0.3, -0.25) is 14.8 Å². The number of aromatic nitrogens is 3. The highest BCUT2D eigenvalue weighted by Gasteiger charge is 2.32. The lowest BCUT2D eigenvalue weighted by atomic mass is 10.1. The minimum absolute atomic E-state index is 0.0599. The maximum atomic E-state index is 12.9. The first kappa shape index (κ1) is 18.8. The van der Waals surface area contributed by atoms with Gasteiger partial charge in [-0.25, -0.2) is 8.42 Å². The molecule has 0 aromatic carbocycles. The van der Waals surface area contributed by atoms with Gasteiger partial charge in [0.15, 0.2) is 5.78 Å². The molecule has 142 valence electrons. The Balaban J connectivity index is 1.64. The van der Waals surface area contributed by atoms with E-state index in [-0.39, 0.29) is 10.7 Å². The molecule has 0 radical (unpaired) electrons. The first-order valence-electron chi connectivity index (χ1n) is 8.63. The summed E-state index contributed by atoms with van der Waals surface area (Å²) in [7, 11) is -3.56. The number of hydrogen-bond donors (Lipinski definition) is 2. The lowest BCUT2D eigenvalue weighted by Crippen LogP contribution is -2.49. The van der Waals surface area contributed by atoms with E-state index in [4.69, 9.17) is 0 Å². The minimum atomic E-state index is -3.56. The van der Waals surface area contributed by atoms with Gasteiger partial charge in [-0.2, -0.15) is 9.40 Å². The number of hydrogen-bond acceptors (Lipinski definition) is 5. The zero-order chi connectivity index (χ0) is 19.1. The number of ketones is 1. The maximum absolute atomic E-state index is 12.9. The van der Waals surface area contributed by atoms with Gasteiger partial charge in [-0.1, -0.05) is 0 Å². The lowest BCUT2D eigenvalue weighted by molar-refractivity contribution is 0.0901. The third-order valence-electron chi connectivity index (χ3n) is 4.81. The zero-order valence-corrected chi connectivity index (χ0v) is 16.4. The highest BCUT2D eigenvalue weighted by molar-refractivity contribution is 7.89. The number of piperazine rings is 1. The molecule has 3 heterocycles. The van der Waals surface area contributed by atoms with E-state index in [9.17, 15) is 13.2 Å². The van der Waals surface area contributed by atoms with Crippen molar-refractivity contribution in [3.05, 3.63) is 34.4 Å². The molecular weight excluding hydrogens is 354 g/mol. The standard InChI is InChI=1S/C17H25N5O3S/c1-11-9-15(12(2)18-11)16(23)10-21-5-7-22(8-6-21)26(24,25)17-13(3)19-20-14(17)4/h9,18H,5-8,10H2,1-4H3,(H,19,20). The number of nitrogens with one attached hydrogen (secondary N) is 2. The predicted molar refractivity (Wildman–Crippen MR) is 97.9 cm³/mol. The van der Waals surface area contributed by atoms with Crippen molar-refractivity contribution in [2.45, 2.75) is 32.6 Å². The summed E-state index contributed by atoms with van der Waals surface area (Å²) < 4.78 is 27.2. The molecule has 9 heteroatoms. The van der Waals surface area contributed by atoms with Crippen molar-refractivity contribution < 1.29 is 13.2 Å². The molecule has 0 unspecified atom stereocenters. The number of aromatic amines is 2. The highest BCUT2D eigenvalue weighted by Crippen LogP contribution is 2.23. The Hall–Kier alpha value is -1.97. The van der Waals surface area contributed by atoms with E-state index in [0.29, 0.717) is 49.7 Å². The van der Waals surface area contributed by atoms with Crippen LogP contribution in [0.5, 0.6) is 0 Å². The summed E-state index contributed by atoms with van der Waals surface area (Å²) in [6, 6.07) is 1.86. The monoisotopic (exact) mass is 379 g/mol. The summed E-state index contributed by atoms with van der Waals surface area (Å²) in [5.74, 6) is 0.0599. The summed E-state index contributed by atoms with van der Waals surface area (Å²) in [5.41, 5.74) is 3.59. The van der Waals surface area contributed by atoms with Crippen LogP contribution >= 0.6 is 0 Å². The molecule has 26 heavy (non-hydrogen) atoms. The van der Waals surface area contributed by atoms with Crippen molar-refractivity contribution in [2.75, 3.05) is 32.7 Å². The van der Waals surface area contributed by atoms with Crippen molar-refractivity contribution >= 4 is 15.8 Å². The number of Topliss-reactive ketones (excluding diaryl/α,β-unsaturated/α-hetero) is 1. The summed E-state index contributed by atoms with van der Waals surface area (Å²) in [5, 5.41) is 6.72. The predicted octanol–water partition coefficient (Wildman–Crippen LogP) is 1.16. The Kier molecular flexibility index (Phi) is 5.05. The van der Waals surface area contributed by atoms with Gasteiger partial charge >= 0.3 is 0 Å². The van der Waals surface area contributed by atoms with Gasteiger partial charge in [-0.05, 0) is 33.8 Å². The fraction of sp³-hybridized carbons (Fsp3) is 0.529. The first-order valence-corrected chi connectivity index (χ1v) is 10.1. The first-order chi connectivity index (χ1) is 12.2. The number of carbonyl (C=O) groups is 1. The lowest BCUT2D eigenvalue weighted by Gasteiger charge is -2.33. The van der Waals surface area contributed by atoms with E-state index in [1.165, 1.54) is 4.31 Å². The number of rotatable bonds is 5. The molecule has 0 atom stereocenters. The fourth-order valence-electron chi connectivity index (χ4n) is 3.48. The molecule has 1 aliphatic rings. The second-order valence-electron chi connectivity index (χ2n) is 6.86. The highest BCUT2D eigenvalue weighted by atomic mass is 32.2. The molecule has 0 saturated carbocycles. The van der Waals surface area contributed by atoms with Crippen LogP contribution in [0.15, 0.2) is 11.0 Å². The van der Waals surface area contributed by atoms with Crippen molar-refractivity contribution in [3.8, 4) is 0 Å². The van der Waals surface area contributed by atoms with Crippen LogP contribution in [0.3, 0.4) is 0 Å². The topological polar surface area (TPSA) is 102 Å². The molecule has 1 saturated heterocycles. The number of nitrogens with zero attached hydrogens (tertiary/aromatic N) is 3. The number of sulfonamides is 1. The van der Waals surface area contributed by atoms with Crippen LogP contribution in [0.4, 0.5) is 0 Å². The molecule has 3 rings (SSSR count). The molecule has 2 aromatic heterocycles. The van der Waals surface area contributed by atoms with Gasteiger partial charge in [0.25, 0.3) is 0 Å². The SMILES string of the molecule is Cc1cc(C(=O)CN2CCN(S(=O)(=O)c3c(C)n[nH]c3C)CC2)c(C)[nH]1. The van der Waals surface area contributed by atoms with Crippen LogP contribution in [-0.2, 0) is 10.0 Å². The normalized spacial score (nSPS) is 16.9. The summed E-state index contributed by atoms with van der Waals surface area (Å²) in [6.07, 6.45) is 0. The minimum Gasteiger partial charge on any atom is -0.362 e. The zero-order valence-electron chi connectivity index (χ0n) is 15.6. The van der Waals surface area contributed by atoms with Crippen LogP contribution in [0, 0.1) is 27.7 Å². The van der Waals surface area contributed by atoms with E-state index < -0.39 is 10.0 Å². The van der Waals surface area contributed by atoms with E-state index >= 15 is 0 Å². The smallest absolute Gasteiger partial charge is 0.246 e. The van der Waals surface area contributed by atoms with Gasteiger partial charge in [0, 0.05) is 43.1 Å². The average molecular weight is 379 g/mol. The second kappa shape index (κ2) is 6.98. The summed E-state index contributed by atoms with van der Waals surface area (Å²) in [4.78, 5) is 17.9. The van der Waals surface area contributed by atoms with Crippen molar-refractivity contribution in [1.82, 2.24) is 24.4 Å². The van der Waals surface area contributed by atoms with Gasteiger partial charge in [0.05, 0.1) is 17.9 Å². The van der Waals surface area contributed by atoms with E-state index in [1.807, 2.05) is 24.8 Å². The molecule has 1 aliphatic heterocycles.